The van der Waals surface area contributed by atoms with Crippen molar-refractivity contribution in [2.24, 2.45) is 5.10 Å². The van der Waals surface area contributed by atoms with Crippen LogP contribution in [0.15, 0.2) is 71.8 Å². The maximum Gasteiger partial charge on any atom is 0.259 e. The van der Waals surface area contributed by atoms with Crippen LogP contribution in [0, 0.1) is 0 Å². The molecule has 3 rings (SSSR count). The molecule has 0 radical (unpaired) electrons. The van der Waals surface area contributed by atoms with Gasteiger partial charge >= 0.3 is 0 Å². The van der Waals surface area contributed by atoms with Crippen molar-refractivity contribution in [3.63, 3.8) is 0 Å². The Bertz CT molecular complexity index is 899. The smallest absolute Gasteiger partial charge is 0.259 e. The van der Waals surface area contributed by atoms with Crippen molar-refractivity contribution < 1.29 is 9.53 Å². The molecule has 0 spiro atoms. The Morgan fingerprint density at radius 2 is 1.81 bits per heavy atom. The van der Waals surface area contributed by atoms with Gasteiger partial charge in [0.05, 0.1) is 19.4 Å². The van der Waals surface area contributed by atoms with E-state index >= 15 is 0 Å². The Kier molecular flexibility index (Phi) is 5.83. The fourth-order valence-electron chi connectivity index (χ4n) is 2.59. The number of carbonyl (C=O) groups excluding carboxylic acids is 1. The lowest BCUT2D eigenvalue weighted by Gasteiger charge is -2.08. The Hall–Kier alpha value is -3.34. The Morgan fingerprint density at radius 3 is 2.62 bits per heavy atom. The molecule has 5 heteroatoms. The summed E-state index contributed by atoms with van der Waals surface area (Å²) in [5.74, 6) is 0.605. The number of nitrogens with one attached hydrogen (secondary N) is 2. The number of amides is 1. The molecule has 0 unspecified atom stereocenters. The van der Waals surface area contributed by atoms with Gasteiger partial charge in [-0.1, -0.05) is 36.4 Å². The zero-order valence-electron chi connectivity index (χ0n) is 14.6. The van der Waals surface area contributed by atoms with E-state index in [2.05, 4.69) is 15.8 Å². The zero-order chi connectivity index (χ0) is 18.2. The highest BCUT2D eigenvalue weighted by Gasteiger charge is 2.03. The van der Waals surface area contributed by atoms with Gasteiger partial charge in [-0.2, -0.15) is 5.10 Å². The van der Waals surface area contributed by atoms with Crippen LogP contribution < -0.4 is 15.5 Å². The number of fused-ring (bicyclic) bond motifs is 1. The van der Waals surface area contributed by atoms with Gasteiger partial charge in [-0.25, -0.2) is 5.43 Å². The molecule has 5 nitrogen and oxygen atoms in total. The van der Waals surface area contributed by atoms with Gasteiger partial charge in [0.1, 0.15) is 5.75 Å². The van der Waals surface area contributed by atoms with Crippen LogP contribution in [0.2, 0.25) is 0 Å². The van der Waals surface area contributed by atoms with Gasteiger partial charge in [0.25, 0.3) is 5.91 Å². The van der Waals surface area contributed by atoms with E-state index in [0.29, 0.717) is 6.61 Å². The van der Waals surface area contributed by atoms with E-state index in [1.807, 2.05) is 73.7 Å². The molecule has 0 saturated carbocycles. The minimum Gasteiger partial charge on any atom is -0.494 e. The third kappa shape index (κ3) is 4.60. The Morgan fingerprint density at radius 1 is 1.04 bits per heavy atom. The number of hydrazone groups is 1. The van der Waals surface area contributed by atoms with Crippen LogP contribution in [-0.4, -0.2) is 25.3 Å². The third-order valence-corrected chi connectivity index (χ3v) is 3.82. The summed E-state index contributed by atoms with van der Waals surface area (Å²) < 4.78 is 5.39. The first-order chi connectivity index (χ1) is 12.8. The summed E-state index contributed by atoms with van der Waals surface area (Å²) in [6.45, 7) is 2.72. The second-order valence-electron chi connectivity index (χ2n) is 5.68. The summed E-state index contributed by atoms with van der Waals surface area (Å²) >= 11 is 0. The van der Waals surface area contributed by atoms with E-state index < -0.39 is 0 Å². The minimum atomic E-state index is -0.208. The van der Waals surface area contributed by atoms with E-state index in [0.717, 1.165) is 27.8 Å². The Balaban J connectivity index is 1.52. The molecular formula is C21H21N3O2. The van der Waals surface area contributed by atoms with Gasteiger partial charge in [-0.15, -0.1) is 0 Å². The molecule has 0 aliphatic carbocycles. The second kappa shape index (κ2) is 8.67. The topological polar surface area (TPSA) is 62.7 Å². The fraction of sp³-hybridized carbons (Fsp3) is 0.143. The van der Waals surface area contributed by atoms with Crippen LogP contribution in [-0.2, 0) is 4.79 Å². The molecule has 3 aromatic rings. The fourth-order valence-corrected chi connectivity index (χ4v) is 2.59. The molecule has 0 aromatic heterocycles. The van der Waals surface area contributed by atoms with Crippen LogP contribution in [0.3, 0.4) is 0 Å². The number of ether oxygens (including phenoxy) is 1. The van der Waals surface area contributed by atoms with Gasteiger partial charge in [0.2, 0.25) is 0 Å². The number of hydrogen-bond donors (Lipinski definition) is 2. The summed E-state index contributed by atoms with van der Waals surface area (Å²) in [6.07, 6.45) is 1.60. The standard InChI is InChI=1S/C21H21N3O2/c1-2-26-18-12-10-16(11-13-18)14-23-24-21(25)15-22-20-9-5-7-17-6-3-4-8-19(17)20/h3-14,22H,2,15H2,1H3,(H,24,25)/b23-14+. The average molecular weight is 347 g/mol. The maximum atomic E-state index is 12.0. The van der Waals surface area contributed by atoms with Crippen LogP contribution in [0.1, 0.15) is 12.5 Å². The minimum absolute atomic E-state index is 0.147. The zero-order valence-corrected chi connectivity index (χ0v) is 14.6. The number of nitrogens with zero attached hydrogens (tertiary/aromatic N) is 1. The van der Waals surface area contributed by atoms with Crippen molar-refractivity contribution >= 4 is 28.6 Å². The van der Waals surface area contributed by atoms with Crippen molar-refractivity contribution in [2.45, 2.75) is 6.92 Å². The van der Waals surface area contributed by atoms with Crippen LogP contribution >= 0.6 is 0 Å². The summed E-state index contributed by atoms with van der Waals surface area (Å²) in [7, 11) is 0. The molecule has 1 amide bonds. The largest absolute Gasteiger partial charge is 0.494 e. The van der Waals surface area contributed by atoms with E-state index in [4.69, 9.17) is 4.74 Å². The van der Waals surface area contributed by atoms with Crippen molar-refractivity contribution in [1.82, 2.24) is 5.43 Å². The van der Waals surface area contributed by atoms with Crippen molar-refractivity contribution in [2.75, 3.05) is 18.5 Å². The first-order valence-corrected chi connectivity index (χ1v) is 8.52. The maximum absolute atomic E-state index is 12.0. The van der Waals surface area contributed by atoms with E-state index in [9.17, 15) is 4.79 Å². The molecule has 3 aromatic carbocycles. The molecule has 0 atom stereocenters. The lowest BCUT2D eigenvalue weighted by atomic mass is 10.1. The lowest BCUT2D eigenvalue weighted by Crippen LogP contribution is -2.25. The van der Waals surface area contributed by atoms with Gasteiger partial charge in [0, 0.05) is 11.1 Å². The predicted molar refractivity (Wildman–Crippen MR) is 106 cm³/mol. The first-order valence-electron chi connectivity index (χ1n) is 8.52. The summed E-state index contributed by atoms with van der Waals surface area (Å²) in [4.78, 5) is 12.0. The van der Waals surface area contributed by atoms with Gasteiger partial charge in [-0.3, -0.25) is 4.79 Å². The lowest BCUT2D eigenvalue weighted by molar-refractivity contribution is -0.119. The molecule has 2 N–H and O–H groups in total. The van der Waals surface area contributed by atoms with E-state index in [1.54, 1.807) is 6.21 Å². The highest BCUT2D eigenvalue weighted by Crippen LogP contribution is 2.22. The number of anilines is 1. The van der Waals surface area contributed by atoms with Crippen LogP contribution in [0.4, 0.5) is 5.69 Å². The van der Waals surface area contributed by atoms with E-state index in [1.165, 1.54) is 0 Å². The van der Waals surface area contributed by atoms with Gasteiger partial charge < -0.3 is 10.1 Å². The highest BCUT2D eigenvalue weighted by molar-refractivity contribution is 5.95. The van der Waals surface area contributed by atoms with Crippen molar-refractivity contribution in [1.29, 1.82) is 0 Å². The van der Waals surface area contributed by atoms with Crippen molar-refractivity contribution in [3.05, 3.63) is 72.3 Å². The van der Waals surface area contributed by atoms with Crippen LogP contribution in [0.25, 0.3) is 10.8 Å². The number of rotatable bonds is 7. The monoisotopic (exact) mass is 347 g/mol. The summed E-state index contributed by atoms with van der Waals surface area (Å²) in [6, 6.07) is 21.5. The second-order valence-corrected chi connectivity index (χ2v) is 5.68. The normalized spacial score (nSPS) is 10.8. The average Bonchev–Trinajstić information content (AvgIpc) is 2.68. The number of benzene rings is 3. The Labute approximate surface area is 152 Å². The van der Waals surface area contributed by atoms with Crippen molar-refractivity contribution in [3.8, 4) is 5.75 Å². The number of hydrogen-bond acceptors (Lipinski definition) is 4. The van der Waals surface area contributed by atoms with E-state index in [-0.39, 0.29) is 12.5 Å². The summed E-state index contributed by atoms with van der Waals surface area (Å²) in [5, 5.41) is 9.36. The highest BCUT2D eigenvalue weighted by atomic mass is 16.5. The molecule has 0 fully saturated rings. The van der Waals surface area contributed by atoms with Gasteiger partial charge in [-0.05, 0) is 48.2 Å². The quantitative estimate of drug-likeness (QED) is 0.505. The third-order valence-electron chi connectivity index (χ3n) is 3.82. The molecular weight excluding hydrogens is 326 g/mol. The predicted octanol–water partition coefficient (Wildman–Crippen LogP) is 3.80. The SMILES string of the molecule is CCOc1ccc(/C=N/NC(=O)CNc2cccc3ccccc23)cc1. The summed E-state index contributed by atoms with van der Waals surface area (Å²) in [5.41, 5.74) is 4.34. The molecule has 0 aliphatic heterocycles. The molecule has 132 valence electrons. The first kappa shape index (κ1) is 17.5. The molecule has 0 aliphatic rings. The molecule has 0 saturated heterocycles. The molecule has 0 bridgehead atoms. The molecule has 26 heavy (non-hydrogen) atoms. The van der Waals surface area contributed by atoms with Crippen LogP contribution in [0.5, 0.6) is 5.75 Å². The molecule has 0 heterocycles. The van der Waals surface area contributed by atoms with Gasteiger partial charge in [0.15, 0.2) is 0 Å². The number of carbonyl (C=O) groups is 1.